The summed E-state index contributed by atoms with van der Waals surface area (Å²) in [6.45, 7) is 3.97. The standard InChI is InChI=1S/C17H32O7S/c1-3-5-7-9-11-14(13-15(18)19)17(16(20)21,25(22,23)24)12-10-8-6-4-2/h14H,3-13H2,1-2H3,(H,18,19)(H,20,21)(H,22,23,24). The van der Waals surface area contributed by atoms with E-state index in [0.29, 0.717) is 19.3 Å². The number of hydrogen-bond donors (Lipinski definition) is 3. The first kappa shape index (κ1) is 23.9. The molecule has 0 fully saturated rings. The summed E-state index contributed by atoms with van der Waals surface area (Å²) in [6, 6.07) is 0. The third-order valence-corrected chi connectivity index (χ3v) is 6.34. The van der Waals surface area contributed by atoms with Crippen molar-refractivity contribution in [3.05, 3.63) is 0 Å². The number of aliphatic carboxylic acids is 2. The molecule has 0 aliphatic rings. The van der Waals surface area contributed by atoms with Crippen molar-refractivity contribution in [2.45, 2.75) is 89.2 Å². The topological polar surface area (TPSA) is 129 Å². The van der Waals surface area contributed by atoms with E-state index in [0.717, 1.165) is 32.1 Å². The Morgan fingerprint density at radius 2 is 1.44 bits per heavy atom. The Morgan fingerprint density at radius 3 is 1.84 bits per heavy atom. The predicted molar refractivity (Wildman–Crippen MR) is 95.2 cm³/mol. The molecule has 0 radical (unpaired) electrons. The average Bonchev–Trinajstić information content (AvgIpc) is 2.48. The molecule has 8 heteroatoms. The van der Waals surface area contributed by atoms with E-state index in [1.54, 1.807) is 0 Å². The highest BCUT2D eigenvalue weighted by Crippen LogP contribution is 2.38. The SMILES string of the molecule is CCCCCCC(CC(=O)O)C(CCCCCC)(C(=O)O)S(=O)(=O)O. The smallest absolute Gasteiger partial charge is 0.327 e. The van der Waals surface area contributed by atoms with Gasteiger partial charge < -0.3 is 10.2 Å². The molecule has 0 bridgehead atoms. The maximum absolute atomic E-state index is 12.1. The van der Waals surface area contributed by atoms with Gasteiger partial charge in [-0.3, -0.25) is 14.1 Å². The van der Waals surface area contributed by atoms with Gasteiger partial charge in [-0.2, -0.15) is 8.42 Å². The van der Waals surface area contributed by atoms with Crippen molar-refractivity contribution in [1.82, 2.24) is 0 Å². The molecular formula is C17H32O7S. The fourth-order valence-corrected chi connectivity index (χ4v) is 4.52. The van der Waals surface area contributed by atoms with Crippen molar-refractivity contribution in [3.8, 4) is 0 Å². The van der Waals surface area contributed by atoms with Crippen LogP contribution in [0.25, 0.3) is 0 Å². The van der Waals surface area contributed by atoms with Gasteiger partial charge >= 0.3 is 11.9 Å². The zero-order chi connectivity index (χ0) is 19.5. The second-order valence-corrected chi connectivity index (χ2v) is 8.30. The Hall–Kier alpha value is -1.15. The molecule has 0 aromatic carbocycles. The number of carboxylic acid groups (broad SMARTS) is 2. The van der Waals surface area contributed by atoms with Crippen LogP contribution in [0.3, 0.4) is 0 Å². The van der Waals surface area contributed by atoms with E-state index in [4.69, 9.17) is 5.11 Å². The molecule has 0 saturated carbocycles. The predicted octanol–water partition coefficient (Wildman–Crippen LogP) is 3.73. The van der Waals surface area contributed by atoms with Crippen LogP contribution in [0.2, 0.25) is 0 Å². The lowest BCUT2D eigenvalue weighted by Gasteiger charge is -2.34. The van der Waals surface area contributed by atoms with E-state index >= 15 is 0 Å². The molecule has 0 aliphatic heterocycles. The molecule has 7 nitrogen and oxygen atoms in total. The molecule has 0 heterocycles. The maximum atomic E-state index is 12.1. The third kappa shape index (κ3) is 7.32. The van der Waals surface area contributed by atoms with E-state index in [1.807, 2.05) is 13.8 Å². The minimum Gasteiger partial charge on any atom is -0.481 e. The second kappa shape index (κ2) is 11.5. The van der Waals surface area contributed by atoms with Crippen LogP contribution in [0.1, 0.15) is 84.5 Å². The van der Waals surface area contributed by atoms with E-state index in [2.05, 4.69) is 0 Å². The van der Waals surface area contributed by atoms with Gasteiger partial charge in [-0.1, -0.05) is 65.2 Å². The van der Waals surface area contributed by atoms with E-state index < -0.39 is 39.1 Å². The molecule has 0 rings (SSSR count). The molecule has 0 saturated heterocycles. The van der Waals surface area contributed by atoms with Crippen molar-refractivity contribution in [3.63, 3.8) is 0 Å². The summed E-state index contributed by atoms with van der Waals surface area (Å²) in [4.78, 5) is 23.1. The molecule has 0 spiro atoms. The average molecular weight is 381 g/mol. The van der Waals surface area contributed by atoms with Gasteiger partial charge in [0.25, 0.3) is 10.1 Å². The summed E-state index contributed by atoms with van der Waals surface area (Å²) < 4.78 is 31.4. The monoisotopic (exact) mass is 380 g/mol. The van der Waals surface area contributed by atoms with Gasteiger partial charge in [0, 0.05) is 5.92 Å². The van der Waals surface area contributed by atoms with Gasteiger partial charge in [0.15, 0.2) is 4.75 Å². The lowest BCUT2D eigenvalue weighted by Crippen LogP contribution is -2.53. The van der Waals surface area contributed by atoms with Crippen molar-refractivity contribution < 1.29 is 32.8 Å². The Balaban J connectivity index is 5.62. The molecule has 0 amide bonds. The summed E-state index contributed by atoms with van der Waals surface area (Å²) in [7, 11) is -4.96. The van der Waals surface area contributed by atoms with Crippen LogP contribution in [-0.2, 0) is 19.7 Å². The number of carboxylic acids is 2. The van der Waals surface area contributed by atoms with Crippen LogP contribution in [0.5, 0.6) is 0 Å². The highest BCUT2D eigenvalue weighted by Gasteiger charge is 2.56. The number of carbonyl (C=O) groups is 2. The van der Waals surface area contributed by atoms with Crippen LogP contribution >= 0.6 is 0 Å². The lowest BCUT2D eigenvalue weighted by atomic mass is 9.81. The van der Waals surface area contributed by atoms with Gasteiger partial charge in [-0.05, 0) is 12.8 Å². The number of hydrogen-bond acceptors (Lipinski definition) is 4. The largest absolute Gasteiger partial charge is 0.481 e. The zero-order valence-electron chi connectivity index (χ0n) is 15.2. The third-order valence-electron chi connectivity index (χ3n) is 4.71. The Bertz CT molecular complexity index is 515. The minimum atomic E-state index is -4.96. The number of rotatable bonds is 15. The quantitative estimate of drug-likeness (QED) is 0.291. The first-order valence-electron chi connectivity index (χ1n) is 9.05. The normalized spacial score (nSPS) is 15.5. The van der Waals surface area contributed by atoms with Crippen LogP contribution in [0.4, 0.5) is 0 Å². The summed E-state index contributed by atoms with van der Waals surface area (Å²) >= 11 is 0. The Morgan fingerprint density at radius 1 is 0.920 bits per heavy atom. The molecule has 0 aromatic heterocycles. The highest BCUT2D eigenvalue weighted by molar-refractivity contribution is 7.88. The summed E-state index contributed by atoms with van der Waals surface area (Å²) in [5.74, 6) is -4.08. The molecule has 0 aromatic rings. The molecule has 148 valence electrons. The van der Waals surface area contributed by atoms with Gasteiger partial charge in [0.2, 0.25) is 0 Å². The van der Waals surface area contributed by atoms with Crippen molar-refractivity contribution in [2.24, 2.45) is 5.92 Å². The van der Waals surface area contributed by atoms with Crippen LogP contribution in [0, 0.1) is 5.92 Å². The molecule has 3 N–H and O–H groups in total. The van der Waals surface area contributed by atoms with Gasteiger partial charge in [-0.15, -0.1) is 0 Å². The van der Waals surface area contributed by atoms with Crippen molar-refractivity contribution >= 4 is 22.1 Å². The molecule has 2 unspecified atom stereocenters. The van der Waals surface area contributed by atoms with E-state index in [9.17, 15) is 27.7 Å². The highest BCUT2D eigenvalue weighted by atomic mass is 32.2. The summed E-state index contributed by atoms with van der Waals surface area (Å²) in [6.07, 6.45) is 5.09. The van der Waals surface area contributed by atoms with Crippen LogP contribution in [0.15, 0.2) is 0 Å². The van der Waals surface area contributed by atoms with Crippen molar-refractivity contribution in [1.29, 1.82) is 0 Å². The molecule has 0 aliphatic carbocycles. The Labute approximate surface area is 150 Å². The van der Waals surface area contributed by atoms with Crippen LogP contribution in [-0.4, -0.2) is 39.9 Å². The first-order valence-corrected chi connectivity index (χ1v) is 10.5. The molecule has 2 atom stereocenters. The first-order chi connectivity index (χ1) is 11.6. The summed E-state index contributed by atoms with van der Waals surface area (Å²) in [5, 5.41) is 18.8. The van der Waals surface area contributed by atoms with Crippen molar-refractivity contribution in [2.75, 3.05) is 0 Å². The summed E-state index contributed by atoms with van der Waals surface area (Å²) in [5.41, 5.74) is 0. The van der Waals surface area contributed by atoms with E-state index in [1.165, 1.54) is 0 Å². The fraction of sp³-hybridized carbons (Fsp3) is 0.882. The van der Waals surface area contributed by atoms with E-state index in [-0.39, 0.29) is 12.8 Å². The molecule has 25 heavy (non-hydrogen) atoms. The Kier molecular flexibility index (Phi) is 10.9. The maximum Gasteiger partial charge on any atom is 0.327 e. The minimum absolute atomic E-state index is 0.145. The zero-order valence-corrected chi connectivity index (χ0v) is 16.1. The van der Waals surface area contributed by atoms with Gasteiger partial charge in [0.05, 0.1) is 6.42 Å². The van der Waals surface area contributed by atoms with Crippen LogP contribution < -0.4 is 0 Å². The fourth-order valence-electron chi connectivity index (χ4n) is 3.28. The van der Waals surface area contributed by atoms with Gasteiger partial charge in [0.1, 0.15) is 0 Å². The number of unbranched alkanes of at least 4 members (excludes halogenated alkanes) is 6. The second-order valence-electron chi connectivity index (χ2n) is 6.62. The molecular weight excluding hydrogens is 348 g/mol. The lowest BCUT2D eigenvalue weighted by molar-refractivity contribution is -0.144. The van der Waals surface area contributed by atoms with Gasteiger partial charge in [-0.25, -0.2) is 0 Å².